The predicted octanol–water partition coefficient (Wildman–Crippen LogP) is 1.29. The highest BCUT2D eigenvalue weighted by Crippen LogP contribution is 2.17. The van der Waals surface area contributed by atoms with Gasteiger partial charge in [-0.25, -0.2) is 4.98 Å². The number of nitrogens with zero attached hydrogens (tertiary/aromatic N) is 2. The molecule has 88 valence electrons. The minimum atomic E-state index is 0.591. The highest BCUT2D eigenvalue weighted by atomic mass is 32.1. The molecule has 1 fully saturated rings. The third kappa shape index (κ3) is 3.48. The standard InChI is InChI=1S/C11H18N4S/c16-11(14-10-3-1-2-4-10)13-6-8-15-7-5-12-9-15/h5,7,9-10H,1-4,6,8H2,(H2,13,14,16). The van der Waals surface area contributed by atoms with E-state index in [9.17, 15) is 0 Å². The number of hydrogen-bond donors (Lipinski definition) is 2. The third-order valence-electron chi connectivity index (χ3n) is 2.91. The first-order chi connectivity index (χ1) is 7.84. The molecule has 1 aliphatic rings. The Morgan fingerprint density at radius 2 is 2.25 bits per heavy atom. The third-order valence-corrected chi connectivity index (χ3v) is 3.17. The lowest BCUT2D eigenvalue weighted by Gasteiger charge is -2.15. The summed E-state index contributed by atoms with van der Waals surface area (Å²) in [4.78, 5) is 3.99. The summed E-state index contributed by atoms with van der Waals surface area (Å²) < 4.78 is 2.03. The Hall–Kier alpha value is -1.10. The molecule has 0 atom stereocenters. The van der Waals surface area contributed by atoms with Crippen molar-refractivity contribution in [3.63, 3.8) is 0 Å². The smallest absolute Gasteiger partial charge is 0.166 e. The number of nitrogens with one attached hydrogen (secondary N) is 2. The van der Waals surface area contributed by atoms with Gasteiger partial charge in [0.15, 0.2) is 5.11 Å². The van der Waals surface area contributed by atoms with Crippen LogP contribution in [-0.2, 0) is 6.54 Å². The zero-order valence-electron chi connectivity index (χ0n) is 9.35. The van der Waals surface area contributed by atoms with Crippen LogP contribution in [0.1, 0.15) is 25.7 Å². The van der Waals surface area contributed by atoms with Gasteiger partial charge < -0.3 is 15.2 Å². The van der Waals surface area contributed by atoms with E-state index in [0.717, 1.165) is 18.2 Å². The molecule has 1 heterocycles. The van der Waals surface area contributed by atoms with Gasteiger partial charge >= 0.3 is 0 Å². The average molecular weight is 238 g/mol. The van der Waals surface area contributed by atoms with E-state index in [-0.39, 0.29) is 0 Å². The summed E-state index contributed by atoms with van der Waals surface area (Å²) in [6.07, 6.45) is 10.7. The van der Waals surface area contributed by atoms with E-state index in [0.29, 0.717) is 6.04 Å². The van der Waals surface area contributed by atoms with E-state index < -0.39 is 0 Å². The van der Waals surface area contributed by atoms with Crippen LogP contribution in [0.5, 0.6) is 0 Å². The molecule has 0 radical (unpaired) electrons. The number of rotatable bonds is 4. The minimum absolute atomic E-state index is 0.591. The molecule has 4 nitrogen and oxygen atoms in total. The first-order valence-electron chi connectivity index (χ1n) is 5.85. The van der Waals surface area contributed by atoms with Crippen molar-refractivity contribution in [3.05, 3.63) is 18.7 Å². The summed E-state index contributed by atoms with van der Waals surface area (Å²) in [5, 5.41) is 7.36. The lowest BCUT2D eigenvalue weighted by atomic mass is 10.3. The van der Waals surface area contributed by atoms with Crippen LogP contribution in [0.25, 0.3) is 0 Å². The van der Waals surface area contributed by atoms with Crippen LogP contribution in [-0.4, -0.2) is 27.3 Å². The zero-order valence-corrected chi connectivity index (χ0v) is 10.2. The summed E-state index contributed by atoms with van der Waals surface area (Å²) >= 11 is 5.24. The SMILES string of the molecule is S=C(NCCn1ccnc1)NC1CCCC1. The molecular formula is C11H18N4S. The number of aromatic nitrogens is 2. The molecule has 5 heteroatoms. The molecule has 1 aromatic rings. The van der Waals surface area contributed by atoms with Gasteiger partial charge in [0.1, 0.15) is 0 Å². The number of imidazole rings is 1. The summed E-state index contributed by atoms with van der Waals surface area (Å²) in [5.41, 5.74) is 0. The second-order valence-corrected chi connectivity index (χ2v) is 4.59. The highest BCUT2D eigenvalue weighted by Gasteiger charge is 2.14. The molecule has 0 amide bonds. The van der Waals surface area contributed by atoms with E-state index >= 15 is 0 Å². The van der Waals surface area contributed by atoms with Gasteiger partial charge in [0, 0.05) is 31.5 Å². The Bertz CT molecular complexity index is 317. The van der Waals surface area contributed by atoms with E-state index in [1.807, 2.05) is 17.1 Å². The maximum atomic E-state index is 5.24. The van der Waals surface area contributed by atoms with Gasteiger partial charge in [0.05, 0.1) is 6.33 Å². The molecule has 0 saturated heterocycles. The van der Waals surface area contributed by atoms with E-state index in [1.165, 1.54) is 25.7 Å². The molecular weight excluding hydrogens is 220 g/mol. The van der Waals surface area contributed by atoms with Crippen LogP contribution in [0.15, 0.2) is 18.7 Å². The van der Waals surface area contributed by atoms with Crippen LogP contribution in [0.2, 0.25) is 0 Å². The van der Waals surface area contributed by atoms with Crippen molar-refractivity contribution in [2.24, 2.45) is 0 Å². The Labute approximate surface area is 101 Å². The first kappa shape index (κ1) is 11.4. The van der Waals surface area contributed by atoms with E-state index in [2.05, 4.69) is 15.6 Å². The van der Waals surface area contributed by atoms with E-state index in [4.69, 9.17) is 12.2 Å². The number of hydrogen-bond acceptors (Lipinski definition) is 2. The van der Waals surface area contributed by atoms with Crippen LogP contribution < -0.4 is 10.6 Å². The fraction of sp³-hybridized carbons (Fsp3) is 0.636. The number of thiocarbonyl (C=S) groups is 1. The maximum Gasteiger partial charge on any atom is 0.166 e. The molecule has 0 aliphatic heterocycles. The van der Waals surface area contributed by atoms with Crippen molar-refractivity contribution in [3.8, 4) is 0 Å². The van der Waals surface area contributed by atoms with Crippen molar-refractivity contribution < 1.29 is 0 Å². The highest BCUT2D eigenvalue weighted by molar-refractivity contribution is 7.80. The molecule has 1 saturated carbocycles. The summed E-state index contributed by atoms with van der Waals surface area (Å²) in [6, 6.07) is 0.591. The van der Waals surface area contributed by atoms with Gasteiger partial charge in [-0.05, 0) is 25.1 Å². The summed E-state index contributed by atoms with van der Waals surface area (Å²) in [6.45, 7) is 1.74. The Balaban J connectivity index is 1.60. The van der Waals surface area contributed by atoms with Crippen molar-refractivity contribution in [1.29, 1.82) is 0 Å². The topological polar surface area (TPSA) is 41.9 Å². The zero-order chi connectivity index (χ0) is 11.2. The average Bonchev–Trinajstić information content (AvgIpc) is 2.90. The van der Waals surface area contributed by atoms with Gasteiger partial charge in [-0.1, -0.05) is 12.8 Å². The maximum absolute atomic E-state index is 5.24. The molecule has 1 aliphatic carbocycles. The van der Waals surface area contributed by atoms with Crippen LogP contribution in [0.4, 0.5) is 0 Å². The molecule has 0 bridgehead atoms. The molecule has 0 unspecified atom stereocenters. The summed E-state index contributed by atoms with van der Waals surface area (Å²) in [5.74, 6) is 0. The molecule has 1 aromatic heterocycles. The first-order valence-corrected chi connectivity index (χ1v) is 6.25. The van der Waals surface area contributed by atoms with Gasteiger partial charge in [-0.3, -0.25) is 0 Å². The van der Waals surface area contributed by atoms with Crippen LogP contribution in [0, 0.1) is 0 Å². The lowest BCUT2D eigenvalue weighted by molar-refractivity contribution is 0.609. The largest absolute Gasteiger partial charge is 0.361 e. The normalized spacial score (nSPS) is 16.2. The van der Waals surface area contributed by atoms with Crippen LogP contribution in [0.3, 0.4) is 0 Å². The molecule has 2 rings (SSSR count). The predicted molar refractivity (Wildman–Crippen MR) is 68.2 cm³/mol. The van der Waals surface area contributed by atoms with Gasteiger partial charge in [0.2, 0.25) is 0 Å². The molecule has 16 heavy (non-hydrogen) atoms. The Morgan fingerprint density at radius 3 is 2.94 bits per heavy atom. The Kier molecular flexibility index (Phi) is 4.16. The van der Waals surface area contributed by atoms with Crippen molar-refractivity contribution in [1.82, 2.24) is 20.2 Å². The van der Waals surface area contributed by atoms with Crippen molar-refractivity contribution in [2.45, 2.75) is 38.3 Å². The lowest BCUT2D eigenvalue weighted by Crippen LogP contribution is -2.41. The quantitative estimate of drug-likeness (QED) is 0.776. The minimum Gasteiger partial charge on any atom is -0.361 e. The van der Waals surface area contributed by atoms with Gasteiger partial charge in [0.25, 0.3) is 0 Å². The second-order valence-electron chi connectivity index (χ2n) is 4.18. The summed E-state index contributed by atoms with van der Waals surface area (Å²) in [7, 11) is 0. The monoisotopic (exact) mass is 238 g/mol. The fourth-order valence-corrected chi connectivity index (χ4v) is 2.29. The molecule has 0 spiro atoms. The fourth-order valence-electron chi connectivity index (χ4n) is 2.02. The van der Waals surface area contributed by atoms with Crippen molar-refractivity contribution >= 4 is 17.3 Å². The molecule has 2 N–H and O–H groups in total. The van der Waals surface area contributed by atoms with Gasteiger partial charge in [-0.15, -0.1) is 0 Å². The van der Waals surface area contributed by atoms with Gasteiger partial charge in [-0.2, -0.15) is 0 Å². The van der Waals surface area contributed by atoms with Crippen LogP contribution >= 0.6 is 12.2 Å². The Morgan fingerprint density at radius 1 is 1.44 bits per heavy atom. The van der Waals surface area contributed by atoms with Crippen molar-refractivity contribution in [2.75, 3.05) is 6.54 Å². The van der Waals surface area contributed by atoms with E-state index in [1.54, 1.807) is 6.20 Å². The molecule has 0 aromatic carbocycles. The second kappa shape index (κ2) is 5.84.